The van der Waals surface area contributed by atoms with Crippen molar-refractivity contribution in [2.24, 2.45) is 5.92 Å². The summed E-state index contributed by atoms with van der Waals surface area (Å²) in [5.41, 5.74) is 2.40. The van der Waals surface area contributed by atoms with E-state index in [-0.39, 0.29) is 24.0 Å². The lowest BCUT2D eigenvalue weighted by Crippen LogP contribution is -2.45. The van der Waals surface area contributed by atoms with Crippen molar-refractivity contribution in [1.82, 2.24) is 10.6 Å². The van der Waals surface area contributed by atoms with Crippen LogP contribution in [0.1, 0.15) is 36.5 Å². The van der Waals surface area contributed by atoms with E-state index in [0.29, 0.717) is 0 Å². The molecule has 1 aromatic carbocycles. The second-order valence-electron chi connectivity index (χ2n) is 6.15. The first-order valence-corrected chi connectivity index (χ1v) is 7.93. The van der Waals surface area contributed by atoms with Gasteiger partial charge in [-0.15, -0.1) is 0 Å². The molecule has 2 heterocycles. The molecule has 1 aromatic rings. The third kappa shape index (κ3) is 3.44. The number of hydrogen-bond donors (Lipinski definition) is 2. The Bertz CT molecular complexity index is 480. The lowest BCUT2D eigenvalue weighted by molar-refractivity contribution is -0.127. The van der Waals surface area contributed by atoms with Gasteiger partial charge in [-0.2, -0.15) is 0 Å². The van der Waals surface area contributed by atoms with E-state index < -0.39 is 0 Å². The monoisotopic (exact) mass is 288 g/mol. The van der Waals surface area contributed by atoms with Crippen LogP contribution in [-0.4, -0.2) is 31.6 Å². The predicted molar refractivity (Wildman–Crippen MR) is 82.0 cm³/mol. The first-order chi connectivity index (χ1) is 10.2. The maximum Gasteiger partial charge on any atom is 0.224 e. The number of amides is 1. The summed E-state index contributed by atoms with van der Waals surface area (Å²) in [5, 5.41) is 6.47. The van der Waals surface area contributed by atoms with Gasteiger partial charge in [-0.05, 0) is 38.3 Å². The lowest BCUT2D eigenvalue weighted by atomic mass is 9.94. The van der Waals surface area contributed by atoms with E-state index in [9.17, 15) is 4.79 Å². The Morgan fingerprint density at radius 3 is 2.81 bits per heavy atom. The Morgan fingerprint density at radius 2 is 2.10 bits per heavy atom. The van der Waals surface area contributed by atoms with Gasteiger partial charge in [0.15, 0.2) is 0 Å². The molecule has 0 bridgehead atoms. The summed E-state index contributed by atoms with van der Waals surface area (Å²) in [6, 6.07) is 8.53. The third-order valence-electron chi connectivity index (χ3n) is 4.49. The lowest BCUT2D eigenvalue weighted by Gasteiger charge is -2.33. The van der Waals surface area contributed by atoms with E-state index in [1.807, 2.05) is 0 Å². The van der Waals surface area contributed by atoms with Gasteiger partial charge in [0.1, 0.15) is 6.10 Å². The van der Waals surface area contributed by atoms with E-state index in [1.54, 1.807) is 0 Å². The molecule has 2 N–H and O–H groups in total. The van der Waals surface area contributed by atoms with Crippen molar-refractivity contribution < 1.29 is 9.53 Å². The van der Waals surface area contributed by atoms with Crippen LogP contribution in [-0.2, 0) is 9.53 Å². The van der Waals surface area contributed by atoms with Crippen molar-refractivity contribution in [2.75, 3.05) is 19.7 Å². The zero-order chi connectivity index (χ0) is 14.7. The zero-order valence-electron chi connectivity index (χ0n) is 12.6. The molecule has 2 aliphatic heterocycles. The van der Waals surface area contributed by atoms with Crippen LogP contribution in [0.2, 0.25) is 0 Å². The van der Waals surface area contributed by atoms with E-state index in [2.05, 4.69) is 41.8 Å². The van der Waals surface area contributed by atoms with E-state index in [4.69, 9.17) is 4.74 Å². The van der Waals surface area contributed by atoms with Crippen LogP contribution < -0.4 is 10.6 Å². The first-order valence-electron chi connectivity index (χ1n) is 7.93. The molecule has 3 atom stereocenters. The zero-order valence-corrected chi connectivity index (χ0v) is 12.6. The summed E-state index contributed by atoms with van der Waals surface area (Å²) in [5.74, 6) is 0.290. The fraction of sp³-hybridized carbons (Fsp3) is 0.588. The predicted octanol–water partition coefficient (Wildman–Crippen LogP) is 1.94. The van der Waals surface area contributed by atoms with Gasteiger partial charge >= 0.3 is 0 Å². The topological polar surface area (TPSA) is 50.4 Å². The van der Waals surface area contributed by atoms with Crippen LogP contribution in [0.3, 0.4) is 0 Å². The average Bonchev–Trinajstić information content (AvgIpc) is 3.03. The van der Waals surface area contributed by atoms with Crippen LogP contribution in [0.15, 0.2) is 24.3 Å². The molecular formula is C17H24N2O2. The number of carbonyl (C=O) groups excluding carboxylic acids is 1. The largest absolute Gasteiger partial charge is 0.371 e. The molecule has 2 saturated heterocycles. The van der Waals surface area contributed by atoms with Crippen molar-refractivity contribution in [1.29, 1.82) is 0 Å². The molecule has 4 nitrogen and oxygen atoms in total. The number of carbonyl (C=O) groups is 1. The van der Waals surface area contributed by atoms with Crippen LogP contribution in [0.25, 0.3) is 0 Å². The molecule has 3 rings (SSSR count). The molecule has 2 fully saturated rings. The van der Waals surface area contributed by atoms with Crippen molar-refractivity contribution in [3.8, 4) is 0 Å². The maximum atomic E-state index is 12.3. The highest BCUT2D eigenvalue weighted by atomic mass is 16.5. The summed E-state index contributed by atoms with van der Waals surface area (Å²) in [6.07, 6.45) is 2.92. The molecule has 0 aliphatic carbocycles. The Morgan fingerprint density at radius 1 is 1.29 bits per heavy atom. The average molecular weight is 288 g/mol. The van der Waals surface area contributed by atoms with E-state index >= 15 is 0 Å². The van der Waals surface area contributed by atoms with E-state index in [0.717, 1.165) is 44.5 Å². The second kappa shape index (κ2) is 6.58. The molecule has 0 spiro atoms. The van der Waals surface area contributed by atoms with Crippen LogP contribution >= 0.6 is 0 Å². The molecule has 4 heteroatoms. The highest BCUT2D eigenvalue weighted by Crippen LogP contribution is 2.29. The van der Waals surface area contributed by atoms with Crippen molar-refractivity contribution in [3.63, 3.8) is 0 Å². The summed E-state index contributed by atoms with van der Waals surface area (Å²) in [6.45, 7) is 4.60. The van der Waals surface area contributed by atoms with Gasteiger partial charge in [-0.25, -0.2) is 0 Å². The Hall–Kier alpha value is -1.39. The number of rotatable bonds is 3. The van der Waals surface area contributed by atoms with Crippen LogP contribution in [0, 0.1) is 12.8 Å². The standard InChI is InChI=1S/C17H24N2O2/c1-12-4-6-13(7-5-12)16-15(3-2-10-21-16)19-17(20)14-8-9-18-11-14/h4-7,14-16,18H,2-3,8-11H2,1H3,(H,19,20). The summed E-state index contributed by atoms with van der Waals surface area (Å²) >= 11 is 0. The number of benzene rings is 1. The molecule has 114 valence electrons. The third-order valence-corrected chi connectivity index (χ3v) is 4.49. The normalized spacial score (nSPS) is 29.3. The number of ether oxygens (including phenoxy) is 1. The van der Waals surface area contributed by atoms with Crippen LogP contribution in [0.4, 0.5) is 0 Å². The molecule has 2 aliphatic rings. The molecule has 0 saturated carbocycles. The molecule has 3 unspecified atom stereocenters. The Kier molecular flexibility index (Phi) is 4.56. The van der Waals surface area contributed by atoms with Gasteiger partial charge in [0.25, 0.3) is 0 Å². The molecular weight excluding hydrogens is 264 g/mol. The van der Waals surface area contributed by atoms with Gasteiger partial charge in [-0.1, -0.05) is 29.8 Å². The smallest absolute Gasteiger partial charge is 0.224 e. The maximum absolute atomic E-state index is 12.3. The van der Waals surface area contributed by atoms with Crippen molar-refractivity contribution >= 4 is 5.91 Å². The number of nitrogens with one attached hydrogen (secondary N) is 2. The minimum Gasteiger partial charge on any atom is -0.371 e. The fourth-order valence-electron chi connectivity index (χ4n) is 3.19. The molecule has 0 radical (unpaired) electrons. The van der Waals surface area contributed by atoms with Crippen LogP contribution in [0.5, 0.6) is 0 Å². The summed E-state index contributed by atoms with van der Waals surface area (Å²) in [4.78, 5) is 12.3. The summed E-state index contributed by atoms with van der Waals surface area (Å²) in [7, 11) is 0. The Balaban J connectivity index is 1.69. The first kappa shape index (κ1) is 14.5. The van der Waals surface area contributed by atoms with Gasteiger partial charge < -0.3 is 15.4 Å². The van der Waals surface area contributed by atoms with Crippen molar-refractivity contribution in [3.05, 3.63) is 35.4 Å². The van der Waals surface area contributed by atoms with Gasteiger partial charge in [0.2, 0.25) is 5.91 Å². The molecule has 1 amide bonds. The minimum atomic E-state index is -0.0161. The van der Waals surface area contributed by atoms with Crippen molar-refractivity contribution in [2.45, 2.75) is 38.3 Å². The highest BCUT2D eigenvalue weighted by Gasteiger charge is 2.31. The fourth-order valence-corrected chi connectivity index (χ4v) is 3.19. The SMILES string of the molecule is Cc1ccc(C2OCCCC2NC(=O)C2CCNC2)cc1. The Labute approximate surface area is 126 Å². The minimum absolute atomic E-state index is 0.0161. The van der Waals surface area contributed by atoms with E-state index in [1.165, 1.54) is 5.56 Å². The number of aryl methyl sites for hydroxylation is 1. The molecule has 21 heavy (non-hydrogen) atoms. The number of hydrogen-bond acceptors (Lipinski definition) is 3. The molecule has 0 aromatic heterocycles. The highest BCUT2D eigenvalue weighted by molar-refractivity contribution is 5.79. The van der Waals surface area contributed by atoms with Gasteiger partial charge in [-0.3, -0.25) is 4.79 Å². The second-order valence-corrected chi connectivity index (χ2v) is 6.15. The van der Waals surface area contributed by atoms with Gasteiger partial charge in [0, 0.05) is 13.2 Å². The summed E-state index contributed by atoms with van der Waals surface area (Å²) < 4.78 is 5.95. The quantitative estimate of drug-likeness (QED) is 0.893. The van der Waals surface area contributed by atoms with Gasteiger partial charge in [0.05, 0.1) is 12.0 Å².